The van der Waals surface area contributed by atoms with Gasteiger partial charge >= 0.3 is 0 Å². The van der Waals surface area contributed by atoms with E-state index in [1.54, 1.807) is 6.92 Å². The zero-order valence-electron chi connectivity index (χ0n) is 9.01. The molecule has 1 rings (SSSR count). The number of nitrogens with one attached hydrogen (secondary N) is 1. The topological polar surface area (TPSA) is 72.2 Å². The molecule has 90 valence electrons. The van der Waals surface area contributed by atoms with Crippen LogP contribution in [0.3, 0.4) is 0 Å². The lowest BCUT2D eigenvalue weighted by Gasteiger charge is -2.16. The maximum atomic E-state index is 11.8. The van der Waals surface area contributed by atoms with E-state index in [-0.39, 0.29) is 11.0 Å². The fourth-order valence-electron chi connectivity index (χ4n) is 1.10. The summed E-state index contributed by atoms with van der Waals surface area (Å²) < 4.78 is 26.2. The van der Waals surface area contributed by atoms with Crippen LogP contribution in [-0.4, -0.2) is 18.7 Å². The number of thiocarbonyl (C=S) groups is 1. The third-order valence-corrected chi connectivity index (χ3v) is 5.60. The molecule has 0 saturated carbocycles. The second-order valence-electron chi connectivity index (χ2n) is 3.44. The van der Waals surface area contributed by atoms with Gasteiger partial charge in [0, 0.05) is 4.88 Å². The Bertz CT molecular complexity index is 453. The predicted molar refractivity (Wildman–Crippen MR) is 71.0 cm³/mol. The minimum absolute atomic E-state index is 0.0223. The van der Waals surface area contributed by atoms with E-state index in [9.17, 15) is 8.42 Å². The lowest BCUT2D eigenvalue weighted by molar-refractivity contribution is 0.565. The molecule has 7 heteroatoms. The van der Waals surface area contributed by atoms with Crippen LogP contribution in [0.15, 0.2) is 17.5 Å². The summed E-state index contributed by atoms with van der Waals surface area (Å²) in [5.74, 6) is 0. The van der Waals surface area contributed by atoms with Gasteiger partial charge < -0.3 is 5.73 Å². The van der Waals surface area contributed by atoms with Crippen molar-refractivity contribution in [2.24, 2.45) is 5.73 Å². The summed E-state index contributed by atoms with van der Waals surface area (Å²) in [6, 6.07) is 3.49. The summed E-state index contributed by atoms with van der Waals surface area (Å²) in [5, 5.41) is 1.04. The second kappa shape index (κ2) is 5.22. The van der Waals surface area contributed by atoms with Crippen molar-refractivity contribution >= 4 is 38.6 Å². The lowest BCUT2D eigenvalue weighted by Crippen LogP contribution is -2.40. The molecular weight excluding hydrogens is 264 g/mol. The second-order valence-corrected chi connectivity index (χ2v) is 6.93. The predicted octanol–water partition coefficient (Wildman–Crippen LogP) is 1.40. The third-order valence-electron chi connectivity index (χ3n) is 2.18. The zero-order chi connectivity index (χ0) is 12.3. The highest BCUT2D eigenvalue weighted by Gasteiger charge is 2.25. The van der Waals surface area contributed by atoms with Crippen LogP contribution in [0.25, 0.3) is 0 Å². The van der Waals surface area contributed by atoms with E-state index in [1.807, 2.05) is 17.5 Å². The number of thiophene rings is 1. The van der Waals surface area contributed by atoms with Gasteiger partial charge in [-0.05, 0) is 25.3 Å². The van der Waals surface area contributed by atoms with Gasteiger partial charge in [0.15, 0.2) is 0 Å². The Morgan fingerprint density at radius 3 is 2.62 bits per heavy atom. The summed E-state index contributed by atoms with van der Waals surface area (Å²) in [7, 11) is -3.49. The Hall–Kier alpha value is -0.500. The molecule has 1 aromatic heterocycles. The molecule has 0 aliphatic carbocycles. The van der Waals surface area contributed by atoms with Crippen molar-refractivity contribution in [3.8, 4) is 0 Å². The highest BCUT2D eigenvalue weighted by atomic mass is 32.2. The lowest BCUT2D eigenvalue weighted by atomic mass is 10.3. The smallest absolute Gasteiger partial charge is 0.221 e. The van der Waals surface area contributed by atoms with Crippen molar-refractivity contribution in [2.75, 3.05) is 0 Å². The summed E-state index contributed by atoms with van der Waals surface area (Å²) >= 11 is 6.18. The maximum absolute atomic E-state index is 11.8. The first-order valence-electron chi connectivity index (χ1n) is 4.68. The van der Waals surface area contributed by atoms with Gasteiger partial charge in [0.05, 0.1) is 11.0 Å². The first-order valence-corrected chi connectivity index (χ1v) is 7.52. The Morgan fingerprint density at radius 1 is 1.56 bits per heavy atom. The molecular formula is C9H14N2O2S3. The van der Waals surface area contributed by atoms with Crippen LogP contribution in [0.5, 0.6) is 0 Å². The highest BCUT2D eigenvalue weighted by Crippen LogP contribution is 2.19. The molecule has 4 nitrogen and oxygen atoms in total. The Kier molecular flexibility index (Phi) is 4.43. The van der Waals surface area contributed by atoms with E-state index < -0.39 is 15.3 Å². The van der Waals surface area contributed by atoms with Crippen molar-refractivity contribution in [2.45, 2.75) is 25.1 Å². The molecule has 0 radical (unpaired) electrons. The van der Waals surface area contributed by atoms with Crippen LogP contribution in [0.1, 0.15) is 24.8 Å². The summed E-state index contributed by atoms with van der Waals surface area (Å²) in [5.41, 5.74) is 5.33. The van der Waals surface area contributed by atoms with Crippen LogP contribution in [0.4, 0.5) is 0 Å². The Morgan fingerprint density at radius 2 is 2.19 bits per heavy atom. The first-order chi connectivity index (χ1) is 7.34. The molecule has 0 aromatic carbocycles. The maximum Gasteiger partial charge on any atom is 0.221 e. The molecule has 1 aromatic rings. The largest absolute Gasteiger partial charge is 0.392 e. The van der Waals surface area contributed by atoms with E-state index in [2.05, 4.69) is 16.9 Å². The summed E-state index contributed by atoms with van der Waals surface area (Å²) in [6.45, 7) is 3.27. The molecule has 0 spiro atoms. The van der Waals surface area contributed by atoms with E-state index >= 15 is 0 Å². The minimum Gasteiger partial charge on any atom is -0.392 e. The molecule has 3 N–H and O–H groups in total. The normalized spacial score (nSPS) is 15.6. The summed E-state index contributed by atoms with van der Waals surface area (Å²) in [6.07, 6.45) is 0. The third kappa shape index (κ3) is 3.24. The first kappa shape index (κ1) is 13.6. The SMILES string of the molecule is CC(NS(=O)(=O)C(C)C(N)=S)c1cccs1. The van der Waals surface area contributed by atoms with Gasteiger partial charge in [0.25, 0.3) is 0 Å². The molecule has 0 bridgehead atoms. The summed E-state index contributed by atoms with van der Waals surface area (Å²) in [4.78, 5) is 0.935. The van der Waals surface area contributed by atoms with Gasteiger partial charge in [-0.2, -0.15) is 0 Å². The van der Waals surface area contributed by atoms with E-state index in [0.29, 0.717) is 0 Å². The van der Waals surface area contributed by atoms with Crippen LogP contribution >= 0.6 is 23.6 Å². The molecule has 16 heavy (non-hydrogen) atoms. The van der Waals surface area contributed by atoms with E-state index in [4.69, 9.17) is 5.73 Å². The number of sulfonamides is 1. The van der Waals surface area contributed by atoms with Gasteiger partial charge in [-0.1, -0.05) is 18.3 Å². The molecule has 2 unspecified atom stereocenters. The van der Waals surface area contributed by atoms with Crippen LogP contribution < -0.4 is 10.5 Å². The Labute approximate surface area is 105 Å². The zero-order valence-corrected chi connectivity index (χ0v) is 11.5. The average molecular weight is 278 g/mol. The molecule has 0 amide bonds. The fraction of sp³-hybridized carbons (Fsp3) is 0.444. The van der Waals surface area contributed by atoms with E-state index in [0.717, 1.165) is 4.88 Å². The van der Waals surface area contributed by atoms with Crippen molar-refractivity contribution in [3.05, 3.63) is 22.4 Å². The van der Waals surface area contributed by atoms with Gasteiger partial charge in [-0.3, -0.25) is 0 Å². The molecule has 0 fully saturated rings. The molecule has 1 heterocycles. The molecule has 0 aliphatic heterocycles. The minimum atomic E-state index is -3.49. The van der Waals surface area contributed by atoms with Gasteiger partial charge in [0.2, 0.25) is 10.0 Å². The van der Waals surface area contributed by atoms with Crippen LogP contribution in [0.2, 0.25) is 0 Å². The van der Waals surface area contributed by atoms with Crippen molar-refractivity contribution in [3.63, 3.8) is 0 Å². The fourth-order valence-corrected chi connectivity index (χ4v) is 3.42. The average Bonchev–Trinajstić information content (AvgIpc) is 2.68. The number of hydrogen-bond donors (Lipinski definition) is 2. The van der Waals surface area contributed by atoms with Gasteiger partial charge in [-0.25, -0.2) is 13.1 Å². The molecule has 0 aliphatic rings. The molecule has 0 saturated heterocycles. The number of nitrogens with two attached hydrogens (primary N) is 1. The standard InChI is InChI=1S/C9H14N2O2S3/c1-6(8-4-3-5-15-8)11-16(12,13)7(2)9(10)14/h3-7,11H,1-2H3,(H2,10,14). The van der Waals surface area contributed by atoms with Crippen LogP contribution in [-0.2, 0) is 10.0 Å². The van der Waals surface area contributed by atoms with Crippen molar-refractivity contribution in [1.82, 2.24) is 4.72 Å². The van der Waals surface area contributed by atoms with Crippen LogP contribution in [0, 0.1) is 0 Å². The monoisotopic (exact) mass is 278 g/mol. The van der Waals surface area contributed by atoms with Gasteiger partial charge in [0.1, 0.15) is 5.25 Å². The van der Waals surface area contributed by atoms with E-state index in [1.165, 1.54) is 18.3 Å². The Balaban J connectivity index is 2.78. The number of rotatable bonds is 5. The van der Waals surface area contributed by atoms with Gasteiger partial charge in [-0.15, -0.1) is 11.3 Å². The number of hydrogen-bond acceptors (Lipinski definition) is 4. The quantitative estimate of drug-likeness (QED) is 0.799. The highest BCUT2D eigenvalue weighted by molar-refractivity contribution is 7.93. The molecule has 2 atom stereocenters. The van der Waals surface area contributed by atoms with Crippen molar-refractivity contribution in [1.29, 1.82) is 0 Å². The van der Waals surface area contributed by atoms with Crippen molar-refractivity contribution < 1.29 is 8.42 Å².